The Labute approximate surface area is 120 Å². The number of amides is 2. The molecule has 1 N–H and O–H groups in total. The molecule has 0 saturated carbocycles. The summed E-state index contributed by atoms with van der Waals surface area (Å²) in [5.41, 5.74) is 0.700. The predicted molar refractivity (Wildman–Crippen MR) is 74.5 cm³/mol. The van der Waals surface area contributed by atoms with E-state index in [4.69, 9.17) is 4.74 Å². The molecule has 0 fully saturated rings. The van der Waals surface area contributed by atoms with Crippen molar-refractivity contribution in [2.45, 2.75) is 4.90 Å². The summed E-state index contributed by atoms with van der Waals surface area (Å²) in [6, 6.07) is 7.37. The smallest absolute Gasteiger partial charge is 0.326 e. The number of hydrogen-bond acceptors (Lipinski definition) is 5. The van der Waals surface area contributed by atoms with Crippen molar-refractivity contribution in [3.8, 4) is 0 Å². The van der Waals surface area contributed by atoms with Crippen LogP contribution < -0.4 is 10.2 Å². The molecule has 7 heteroatoms. The fraction of sp³-hybridized carbons (Fsp3) is 0.308. The van der Waals surface area contributed by atoms with E-state index >= 15 is 0 Å². The van der Waals surface area contributed by atoms with Gasteiger partial charge >= 0.3 is 5.97 Å². The first-order valence-corrected chi connectivity index (χ1v) is 6.99. The number of nitrogens with zero attached hydrogens (tertiary/aromatic N) is 1. The number of benzene rings is 1. The summed E-state index contributed by atoms with van der Waals surface area (Å²) >= 11 is 1.44. The summed E-state index contributed by atoms with van der Waals surface area (Å²) in [6.45, 7) is -0.527. The van der Waals surface area contributed by atoms with Crippen LogP contribution in [0.25, 0.3) is 0 Å². The zero-order valence-corrected chi connectivity index (χ0v) is 11.7. The van der Waals surface area contributed by atoms with Gasteiger partial charge in [-0.15, -0.1) is 11.8 Å². The van der Waals surface area contributed by atoms with Gasteiger partial charge in [-0.05, 0) is 12.1 Å². The van der Waals surface area contributed by atoms with Gasteiger partial charge in [0.2, 0.25) is 5.91 Å². The molecule has 1 aliphatic rings. The third kappa shape index (κ3) is 3.30. The van der Waals surface area contributed by atoms with Gasteiger partial charge in [-0.2, -0.15) is 0 Å². The molecule has 1 aromatic carbocycles. The van der Waals surface area contributed by atoms with E-state index in [-0.39, 0.29) is 25.0 Å². The lowest BCUT2D eigenvalue weighted by Gasteiger charge is -2.27. The SMILES string of the molecule is CNC(=O)COC(=O)CN1C(=O)CSc2ccccc21. The van der Waals surface area contributed by atoms with Crippen molar-refractivity contribution < 1.29 is 19.1 Å². The van der Waals surface area contributed by atoms with Crippen LogP contribution in [0.5, 0.6) is 0 Å². The summed E-state index contributed by atoms with van der Waals surface area (Å²) < 4.78 is 4.81. The van der Waals surface area contributed by atoms with Gasteiger partial charge in [0.1, 0.15) is 6.54 Å². The number of anilines is 1. The van der Waals surface area contributed by atoms with Crippen LogP contribution in [0.2, 0.25) is 0 Å². The van der Waals surface area contributed by atoms with Crippen LogP contribution in [0.15, 0.2) is 29.2 Å². The van der Waals surface area contributed by atoms with Gasteiger partial charge in [0.05, 0.1) is 11.4 Å². The molecule has 0 atom stereocenters. The lowest BCUT2D eigenvalue weighted by atomic mass is 10.2. The summed E-state index contributed by atoms with van der Waals surface area (Å²) in [5, 5.41) is 2.35. The number of para-hydroxylation sites is 1. The Balaban J connectivity index is 2.03. The number of nitrogens with one attached hydrogen (secondary N) is 1. The molecule has 0 radical (unpaired) electrons. The Morgan fingerprint density at radius 2 is 2.15 bits per heavy atom. The van der Waals surface area contributed by atoms with Crippen LogP contribution in [0, 0.1) is 0 Å². The Morgan fingerprint density at radius 1 is 1.40 bits per heavy atom. The largest absolute Gasteiger partial charge is 0.454 e. The van der Waals surface area contributed by atoms with Crippen molar-refractivity contribution in [2.75, 3.05) is 30.9 Å². The maximum atomic E-state index is 11.9. The summed E-state index contributed by atoms with van der Waals surface area (Å²) in [6.07, 6.45) is 0. The monoisotopic (exact) mass is 294 g/mol. The molecule has 6 nitrogen and oxygen atoms in total. The normalized spacial score (nSPS) is 13.7. The average molecular weight is 294 g/mol. The van der Waals surface area contributed by atoms with E-state index in [2.05, 4.69) is 5.32 Å². The highest BCUT2D eigenvalue weighted by Crippen LogP contribution is 2.34. The summed E-state index contributed by atoms with van der Waals surface area (Å²) in [5.74, 6) is -0.853. The molecule has 0 saturated heterocycles. The predicted octanol–water partition coefficient (Wildman–Crippen LogP) is 0.414. The van der Waals surface area contributed by atoms with Gasteiger partial charge in [-0.3, -0.25) is 19.3 Å². The quantitative estimate of drug-likeness (QED) is 0.814. The molecule has 0 aliphatic carbocycles. The molecule has 0 aromatic heterocycles. The number of esters is 1. The minimum atomic E-state index is -0.608. The van der Waals surface area contributed by atoms with Gasteiger partial charge in [-0.1, -0.05) is 12.1 Å². The van der Waals surface area contributed by atoms with E-state index in [0.29, 0.717) is 11.4 Å². The fourth-order valence-electron chi connectivity index (χ4n) is 1.72. The first-order valence-electron chi connectivity index (χ1n) is 6.00. The van der Waals surface area contributed by atoms with Crippen molar-refractivity contribution in [3.63, 3.8) is 0 Å². The van der Waals surface area contributed by atoms with Gasteiger partial charge < -0.3 is 10.1 Å². The number of carbonyl (C=O) groups is 3. The molecule has 1 heterocycles. The molecule has 0 spiro atoms. The number of likely N-dealkylation sites (N-methyl/N-ethyl adjacent to an activating group) is 1. The van der Waals surface area contributed by atoms with Gasteiger partial charge in [0.25, 0.3) is 5.91 Å². The molecule has 106 valence electrons. The Hall–Kier alpha value is -2.02. The Bertz CT molecular complexity index is 547. The summed E-state index contributed by atoms with van der Waals surface area (Å²) in [7, 11) is 1.46. The fourth-order valence-corrected chi connectivity index (χ4v) is 2.66. The topological polar surface area (TPSA) is 75.7 Å². The van der Waals surface area contributed by atoms with Crippen molar-refractivity contribution in [3.05, 3.63) is 24.3 Å². The van der Waals surface area contributed by atoms with Gasteiger partial charge in [-0.25, -0.2) is 0 Å². The molecular formula is C13H14N2O4S. The number of fused-ring (bicyclic) bond motifs is 1. The molecule has 1 aliphatic heterocycles. The van der Waals surface area contributed by atoms with Crippen LogP contribution in [-0.4, -0.2) is 43.7 Å². The first kappa shape index (κ1) is 14.4. The second kappa shape index (κ2) is 6.42. The van der Waals surface area contributed by atoms with E-state index in [1.54, 1.807) is 12.1 Å². The van der Waals surface area contributed by atoms with Crippen LogP contribution in [0.4, 0.5) is 5.69 Å². The molecule has 2 amide bonds. The van der Waals surface area contributed by atoms with Crippen LogP contribution in [0.3, 0.4) is 0 Å². The highest BCUT2D eigenvalue weighted by Gasteiger charge is 2.26. The lowest BCUT2D eigenvalue weighted by molar-refractivity contribution is -0.147. The van der Waals surface area contributed by atoms with Crippen molar-refractivity contribution in [1.82, 2.24) is 5.32 Å². The second-order valence-electron chi connectivity index (χ2n) is 4.07. The maximum Gasteiger partial charge on any atom is 0.326 e. The Morgan fingerprint density at radius 3 is 2.90 bits per heavy atom. The van der Waals surface area contributed by atoms with E-state index in [0.717, 1.165) is 4.90 Å². The van der Waals surface area contributed by atoms with Crippen LogP contribution >= 0.6 is 11.8 Å². The van der Waals surface area contributed by atoms with Gasteiger partial charge in [0, 0.05) is 11.9 Å². The zero-order chi connectivity index (χ0) is 14.5. The standard InChI is InChI=1S/C13H14N2O4S/c1-14-11(16)7-19-13(18)6-15-9-4-2-3-5-10(9)20-8-12(15)17/h2-5H,6-8H2,1H3,(H,14,16). The van der Waals surface area contributed by atoms with E-state index in [1.807, 2.05) is 12.1 Å². The van der Waals surface area contributed by atoms with Crippen molar-refractivity contribution in [2.24, 2.45) is 0 Å². The number of ether oxygens (including phenoxy) is 1. The number of hydrogen-bond donors (Lipinski definition) is 1. The van der Waals surface area contributed by atoms with Crippen LogP contribution in [-0.2, 0) is 19.1 Å². The third-order valence-corrected chi connectivity index (χ3v) is 3.79. The lowest BCUT2D eigenvalue weighted by Crippen LogP contribution is -2.40. The highest BCUT2D eigenvalue weighted by molar-refractivity contribution is 8.00. The number of rotatable bonds is 4. The van der Waals surface area contributed by atoms with E-state index in [9.17, 15) is 14.4 Å². The molecule has 0 bridgehead atoms. The average Bonchev–Trinajstić information content (AvgIpc) is 2.47. The van der Waals surface area contributed by atoms with E-state index < -0.39 is 5.97 Å². The van der Waals surface area contributed by atoms with Crippen LogP contribution in [0.1, 0.15) is 0 Å². The molecule has 1 aromatic rings. The molecular weight excluding hydrogens is 280 g/mol. The molecule has 20 heavy (non-hydrogen) atoms. The highest BCUT2D eigenvalue weighted by atomic mass is 32.2. The molecule has 2 rings (SSSR count). The van der Waals surface area contributed by atoms with Crippen molar-refractivity contribution >= 4 is 35.2 Å². The minimum absolute atomic E-state index is 0.148. The first-order chi connectivity index (χ1) is 9.61. The number of carbonyl (C=O) groups excluding carboxylic acids is 3. The minimum Gasteiger partial charge on any atom is -0.454 e. The third-order valence-electron chi connectivity index (χ3n) is 2.74. The van der Waals surface area contributed by atoms with E-state index in [1.165, 1.54) is 23.7 Å². The summed E-state index contributed by atoms with van der Waals surface area (Å²) in [4.78, 5) is 36.9. The zero-order valence-electron chi connectivity index (χ0n) is 10.9. The molecule has 0 unspecified atom stereocenters. The van der Waals surface area contributed by atoms with Gasteiger partial charge in [0.15, 0.2) is 6.61 Å². The van der Waals surface area contributed by atoms with Crippen molar-refractivity contribution in [1.29, 1.82) is 0 Å². The second-order valence-corrected chi connectivity index (χ2v) is 5.09. The maximum absolute atomic E-state index is 11.9. The Kier molecular flexibility index (Phi) is 4.62. The number of thioether (sulfide) groups is 1.